The van der Waals surface area contributed by atoms with Crippen LogP contribution in [0.3, 0.4) is 0 Å². The van der Waals surface area contributed by atoms with Crippen LogP contribution in [0.25, 0.3) is 5.69 Å². The Bertz CT molecular complexity index is 1310. The van der Waals surface area contributed by atoms with Crippen LogP contribution in [0.15, 0.2) is 53.6 Å². The Balaban J connectivity index is 1.79. The molecule has 0 saturated carbocycles. The number of para-hydroxylation sites is 2. The molecule has 0 aliphatic rings. The van der Waals surface area contributed by atoms with Gasteiger partial charge in [0.15, 0.2) is 0 Å². The van der Waals surface area contributed by atoms with Gasteiger partial charge in [-0.1, -0.05) is 41.9 Å². The molecular formula is C24H27ClN4O3S. The molecule has 1 aromatic heterocycles. The van der Waals surface area contributed by atoms with E-state index < -0.39 is 15.9 Å². The number of anilines is 1. The van der Waals surface area contributed by atoms with Crippen molar-refractivity contribution < 1.29 is 13.2 Å². The number of nitrogens with zero attached hydrogens (tertiary/aromatic N) is 3. The molecule has 1 N–H and O–H groups in total. The first-order chi connectivity index (χ1) is 15.5. The van der Waals surface area contributed by atoms with Gasteiger partial charge in [-0.25, -0.2) is 13.8 Å². The smallest absolute Gasteiger partial charge is 0.260 e. The summed E-state index contributed by atoms with van der Waals surface area (Å²) in [5.74, 6) is -0.542. The van der Waals surface area contributed by atoms with Gasteiger partial charge in [0, 0.05) is 17.0 Å². The number of hydrogen-bond donors (Lipinski definition) is 1. The summed E-state index contributed by atoms with van der Waals surface area (Å²) in [4.78, 5) is 12.6. The lowest BCUT2D eigenvalue weighted by Gasteiger charge is -2.25. The zero-order valence-electron chi connectivity index (χ0n) is 19.3. The van der Waals surface area contributed by atoms with Crippen molar-refractivity contribution in [2.24, 2.45) is 5.10 Å². The molecule has 0 unspecified atom stereocenters. The first kappa shape index (κ1) is 24.5. The highest BCUT2D eigenvalue weighted by Crippen LogP contribution is 2.27. The van der Waals surface area contributed by atoms with Gasteiger partial charge in [-0.3, -0.25) is 9.10 Å². The van der Waals surface area contributed by atoms with Crippen LogP contribution < -0.4 is 9.73 Å². The summed E-state index contributed by atoms with van der Waals surface area (Å²) in [7, 11) is -3.67. The summed E-state index contributed by atoms with van der Waals surface area (Å²) in [5, 5.41) is 4.68. The van der Waals surface area contributed by atoms with E-state index in [0.717, 1.165) is 44.3 Å². The number of rotatable bonds is 7. The molecule has 0 fully saturated rings. The third-order valence-electron chi connectivity index (χ3n) is 5.33. The quantitative estimate of drug-likeness (QED) is 0.399. The Morgan fingerprint density at radius 2 is 1.73 bits per heavy atom. The van der Waals surface area contributed by atoms with Crippen LogP contribution in [0.1, 0.15) is 28.1 Å². The predicted molar refractivity (Wildman–Crippen MR) is 134 cm³/mol. The number of nitrogens with one attached hydrogen (secondary N) is 1. The van der Waals surface area contributed by atoms with Crippen molar-refractivity contribution in [1.29, 1.82) is 0 Å². The van der Waals surface area contributed by atoms with Crippen LogP contribution in [0.4, 0.5) is 5.69 Å². The van der Waals surface area contributed by atoms with E-state index in [1.165, 1.54) is 6.21 Å². The van der Waals surface area contributed by atoms with Gasteiger partial charge in [0.05, 0.1) is 28.9 Å². The molecule has 0 radical (unpaired) electrons. The molecule has 7 nitrogen and oxygen atoms in total. The number of hydrogen-bond acceptors (Lipinski definition) is 4. The monoisotopic (exact) mass is 486 g/mol. The van der Waals surface area contributed by atoms with Gasteiger partial charge in [0.2, 0.25) is 10.0 Å². The van der Waals surface area contributed by atoms with Gasteiger partial charge in [-0.15, -0.1) is 0 Å². The predicted octanol–water partition coefficient (Wildman–Crippen LogP) is 4.28. The molecular weight excluding hydrogens is 460 g/mol. The first-order valence-corrected chi connectivity index (χ1v) is 12.5. The second-order valence-electron chi connectivity index (χ2n) is 7.92. The highest BCUT2D eigenvalue weighted by Gasteiger charge is 2.23. The van der Waals surface area contributed by atoms with Crippen molar-refractivity contribution in [3.63, 3.8) is 0 Å². The Morgan fingerprint density at radius 3 is 2.33 bits per heavy atom. The van der Waals surface area contributed by atoms with Gasteiger partial charge in [-0.05, 0) is 57.0 Å². The van der Waals surface area contributed by atoms with Gasteiger partial charge in [0.1, 0.15) is 6.54 Å². The third-order valence-corrected chi connectivity index (χ3v) is 6.76. The summed E-state index contributed by atoms with van der Waals surface area (Å²) in [6.07, 6.45) is 2.62. The second-order valence-corrected chi connectivity index (χ2v) is 10.2. The number of sulfonamides is 1. The topological polar surface area (TPSA) is 83.8 Å². The minimum absolute atomic E-state index is 0.374. The van der Waals surface area contributed by atoms with Crippen molar-refractivity contribution in [3.05, 3.63) is 81.6 Å². The second kappa shape index (κ2) is 9.80. The van der Waals surface area contributed by atoms with Crippen molar-refractivity contribution in [2.75, 3.05) is 17.1 Å². The Kier molecular flexibility index (Phi) is 7.29. The van der Waals surface area contributed by atoms with E-state index in [4.69, 9.17) is 11.6 Å². The number of aryl methyl sites for hydroxylation is 3. The highest BCUT2D eigenvalue weighted by molar-refractivity contribution is 7.92. The molecule has 0 aliphatic heterocycles. The molecule has 2 aromatic carbocycles. The summed E-state index contributed by atoms with van der Waals surface area (Å²) in [6.45, 7) is 7.14. The van der Waals surface area contributed by atoms with Gasteiger partial charge in [-0.2, -0.15) is 5.10 Å². The third kappa shape index (κ3) is 5.46. The van der Waals surface area contributed by atoms with Crippen molar-refractivity contribution in [1.82, 2.24) is 9.99 Å². The van der Waals surface area contributed by atoms with E-state index in [1.54, 1.807) is 0 Å². The van der Waals surface area contributed by atoms with E-state index in [9.17, 15) is 13.2 Å². The Hall–Kier alpha value is -3.10. The zero-order valence-corrected chi connectivity index (χ0v) is 20.8. The maximum absolute atomic E-state index is 12.6. The maximum atomic E-state index is 12.6. The summed E-state index contributed by atoms with van der Waals surface area (Å²) in [5.41, 5.74) is 8.01. The van der Waals surface area contributed by atoms with Crippen LogP contribution >= 0.6 is 11.6 Å². The van der Waals surface area contributed by atoms with Crippen molar-refractivity contribution >= 4 is 39.4 Å². The fourth-order valence-corrected chi connectivity index (χ4v) is 5.01. The molecule has 0 atom stereocenters. The summed E-state index contributed by atoms with van der Waals surface area (Å²) >= 11 is 6.35. The number of benzene rings is 2. The number of carbonyl (C=O) groups excluding carboxylic acids is 1. The lowest BCUT2D eigenvalue weighted by Crippen LogP contribution is -2.39. The largest absolute Gasteiger partial charge is 0.316 e. The molecule has 1 amide bonds. The normalized spacial score (nSPS) is 11.7. The van der Waals surface area contributed by atoms with E-state index >= 15 is 0 Å². The van der Waals surface area contributed by atoms with E-state index in [1.807, 2.05) is 80.8 Å². The minimum atomic E-state index is -3.67. The lowest BCUT2D eigenvalue weighted by atomic mass is 10.1. The minimum Gasteiger partial charge on any atom is -0.316 e. The van der Waals surface area contributed by atoms with Gasteiger partial charge < -0.3 is 4.57 Å². The number of halogens is 1. The Morgan fingerprint density at radius 1 is 1.09 bits per heavy atom. The molecule has 0 aliphatic carbocycles. The Labute approximate surface area is 199 Å². The SMILES string of the molecule is Cc1cccc(C)c1N(CC(=O)N/N=C\c1cc(C)n(-c2ccccc2Cl)c1C)S(C)(=O)=O. The fraction of sp³-hybridized carbons (Fsp3) is 0.250. The van der Waals surface area contributed by atoms with E-state index in [2.05, 4.69) is 10.5 Å². The number of amides is 1. The van der Waals surface area contributed by atoms with E-state index in [-0.39, 0.29) is 6.54 Å². The zero-order chi connectivity index (χ0) is 24.3. The molecule has 0 bridgehead atoms. The number of aromatic nitrogens is 1. The summed E-state index contributed by atoms with van der Waals surface area (Å²) in [6, 6.07) is 14.9. The van der Waals surface area contributed by atoms with Crippen LogP contribution in [0, 0.1) is 27.7 Å². The first-order valence-electron chi connectivity index (χ1n) is 10.3. The maximum Gasteiger partial charge on any atom is 0.260 e. The highest BCUT2D eigenvalue weighted by atomic mass is 35.5. The molecule has 9 heteroatoms. The molecule has 0 saturated heterocycles. The summed E-state index contributed by atoms with van der Waals surface area (Å²) < 4.78 is 27.9. The molecule has 33 heavy (non-hydrogen) atoms. The van der Waals surface area contributed by atoms with Crippen molar-refractivity contribution in [3.8, 4) is 5.69 Å². The van der Waals surface area contributed by atoms with E-state index in [0.29, 0.717) is 10.7 Å². The fourth-order valence-electron chi connectivity index (χ4n) is 3.82. The van der Waals surface area contributed by atoms with Crippen molar-refractivity contribution in [2.45, 2.75) is 27.7 Å². The molecule has 1 heterocycles. The molecule has 0 spiro atoms. The molecule has 174 valence electrons. The van der Waals surface area contributed by atoms with Gasteiger partial charge in [0.25, 0.3) is 5.91 Å². The number of hydrazone groups is 1. The van der Waals surface area contributed by atoms with Crippen LogP contribution in [0.2, 0.25) is 5.02 Å². The number of carbonyl (C=O) groups is 1. The standard InChI is InChI=1S/C24H27ClN4O3S/c1-16-9-8-10-17(2)24(16)28(33(5,31)32)15-23(30)27-26-14-20-13-18(3)29(19(20)4)22-12-7-6-11-21(22)25/h6-14H,15H2,1-5H3,(H,27,30)/b26-14-. The average molecular weight is 487 g/mol. The van der Waals surface area contributed by atoms with Crippen LogP contribution in [0.5, 0.6) is 0 Å². The molecule has 3 rings (SSSR count). The average Bonchev–Trinajstić information content (AvgIpc) is 3.00. The molecule has 3 aromatic rings. The lowest BCUT2D eigenvalue weighted by molar-refractivity contribution is -0.119. The van der Waals surface area contributed by atoms with Crippen LogP contribution in [-0.4, -0.2) is 37.9 Å². The van der Waals surface area contributed by atoms with Crippen LogP contribution in [-0.2, 0) is 14.8 Å². The van der Waals surface area contributed by atoms with Gasteiger partial charge >= 0.3 is 0 Å².